The number of phenols is 1. The van der Waals surface area contributed by atoms with E-state index < -0.39 is 17.8 Å². The number of amides is 1. The Labute approximate surface area is 196 Å². The molecule has 1 aromatic heterocycles. The molecule has 0 saturated carbocycles. The van der Waals surface area contributed by atoms with E-state index >= 15 is 0 Å². The summed E-state index contributed by atoms with van der Waals surface area (Å²) in [7, 11) is 0. The molecule has 34 heavy (non-hydrogen) atoms. The van der Waals surface area contributed by atoms with Crippen LogP contribution in [0.2, 0.25) is 5.02 Å². The number of nitrogens with two attached hydrogens (primary N) is 1. The highest BCUT2D eigenvalue weighted by molar-refractivity contribution is 6.30. The van der Waals surface area contributed by atoms with Crippen LogP contribution in [0.5, 0.6) is 11.5 Å². The molecule has 0 spiro atoms. The van der Waals surface area contributed by atoms with Crippen molar-refractivity contribution in [3.63, 3.8) is 0 Å². The van der Waals surface area contributed by atoms with Gasteiger partial charge in [0.2, 0.25) is 5.91 Å². The van der Waals surface area contributed by atoms with Gasteiger partial charge in [-0.05, 0) is 53.6 Å². The molecule has 0 aliphatic heterocycles. The van der Waals surface area contributed by atoms with Crippen LogP contribution in [-0.2, 0) is 12.8 Å². The molecule has 1 amide bonds. The fraction of sp³-hybridized carbons (Fsp3) is 0.0833. The average molecular weight is 488 g/mol. The minimum absolute atomic E-state index is 0.0690. The van der Waals surface area contributed by atoms with Crippen molar-refractivity contribution in [3.05, 3.63) is 88.6 Å². The Bertz CT molecular complexity index is 1330. The van der Waals surface area contributed by atoms with Crippen LogP contribution >= 0.6 is 11.6 Å². The molecule has 0 aliphatic rings. The summed E-state index contributed by atoms with van der Waals surface area (Å²) in [4.78, 5) is 11.4. The lowest BCUT2D eigenvalue weighted by atomic mass is 9.97. The SMILES string of the molecule is NC(=O)c1ccc(-c2c(OCc3ccc(Cl)cc3)ccc(-c3cc(C(F)(F)F)[nH]n3)c2O)cc1. The number of aromatic nitrogens is 2. The second-order valence-electron chi connectivity index (χ2n) is 7.36. The quantitative estimate of drug-likeness (QED) is 0.320. The van der Waals surface area contributed by atoms with Gasteiger partial charge in [0.15, 0.2) is 0 Å². The molecular weight excluding hydrogens is 471 g/mol. The molecule has 1 heterocycles. The minimum atomic E-state index is -4.62. The van der Waals surface area contributed by atoms with Gasteiger partial charge < -0.3 is 15.6 Å². The Balaban J connectivity index is 1.77. The van der Waals surface area contributed by atoms with Crippen molar-refractivity contribution in [2.75, 3.05) is 0 Å². The van der Waals surface area contributed by atoms with Gasteiger partial charge in [-0.25, -0.2) is 0 Å². The van der Waals surface area contributed by atoms with E-state index in [4.69, 9.17) is 22.1 Å². The van der Waals surface area contributed by atoms with Gasteiger partial charge in [-0.3, -0.25) is 9.89 Å². The number of hydrogen-bond donors (Lipinski definition) is 3. The first kappa shape index (κ1) is 23.2. The Kier molecular flexibility index (Phi) is 6.21. The molecule has 4 N–H and O–H groups in total. The number of hydrogen-bond acceptors (Lipinski definition) is 4. The van der Waals surface area contributed by atoms with Crippen molar-refractivity contribution < 1.29 is 27.8 Å². The molecule has 0 radical (unpaired) electrons. The van der Waals surface area contributed by atoms with E-state index in [9.17, 15) is 23.1 Å². The number of halogens is 4. The zero-order valence-electron chi connectivity index (χ0n) is 17.4. The molecule has 0 unspecified atom stereocenters. The highest BCUT2D eigenvalue weighted by Crippen LogP contribution is 2.44. The molecule has 0 fully saturated rings. The molecular formula is C24H17ClF3N3O3. The van der Waals surface area contributed by atoms with E-state index in [1.54, 1.807) is 36.4 Å². The van der Waals surface area contributed by atoms with Crippen molar-refractivity contribution >= 4 is 17.5 Å². The molecule has 6 nitrogen and oxygen atoms in total. The number of carbonyl (C=O) groups is 1. The summed E-state index contributed by atoms with van der Waals surface area (Å²) in [5.74, 6) is -0.685. The van der Waals surface area contributed by atoms with Crippen LogP contribution < -0.4 is 10.5 Å². The average Bonchev–Trinajstić information content (AvgIpc) is 3.29. The van der Waals surface area contributed by atoms with Crippen LogP contribution in [0.4, 0.5) is 13.2 Å². The van der Waals surface area contributed by atoms with Crippen LogP contribution in [0.15, 0.2) is 66.7 Å². The van der Waals surface area contributed by atoms with Crippen molar-refractivity contribution in [2.45, 2.75) is 12.8 Å². The third-order valence-corrected chi connectivity index (χ3v) is 5.32. The number of phenolic OH excluding ortho intramolecular Hbond substituents is 1. The first-order valence-electron chi connectivity index (χ1n) is 9.90. The zero-order valence-corrected chi connectivity index (χ0v) is 18.1. The molecule has 174 valence electrons. The second-order valence-corrected chi connectivity index (χ2v) is 7.79. The third-order valence-electron chi connectivity index (χ3n) is 5.06. The van der Waals surface area contributed by atoms with Crippen LogP contribution in [0.1, 0.15) is 21.6 Å². The van der Waals surface area contributed by atoms with E-state index in [-0.39, 0.29) is 40.5 Å². The van der Waals surface area contributed by atoms with E-state index in [1.807, 2.05) is 5.10 Å². The van der Waals surface area contributed by atoms with E-state index in [0.29, 0.717) is 10.6 Å². The van der Waals surface area contributed by atoms with Gasteiger partial charge in [-0.15, -0.1) is 0 Å². The van der Waals surface area contributed by atoms with Gasteiger partial charge in [0, 0.05) is 16.1 Å². The Morgan fingerprint density at radius 1 is 1.06 bits per heavy atom. The number of benzene rings is 3. The summed E-state index contributed by atoms with van der Waals surface area (Å²) in [5.41, 5.74) is 5.97. The van der Waals surface area contributed by atoms with E-state index in [2.05, 4.69) is 5.10 Å². The Hall–Kier alpha value is -3.98. The zero-order chi connectivity index (χ0) is 24.5. The molecule has 3 aromatic carbocycles. The number of aromatic hydroxyl groups is 1. The lowest BCUT2D eigenvalue weighted by molar-refractivity contribution is -0.141. The van der Waals surface area contributed by atoms with Gasteiger partial charge in [0.05, 0.1) is 11.3 Å². The molecule has 4 rings (SSSR count). The van der Waals surface area contributed by atoms with Crippen LogP contribution in [0.25, 0.3) is 22.4 Å². The normalized spacial score (nSPS) is 11.4. The second kappa shape index (κ2) is 9.11. The van der Waals surface area contributed by atoms with Crippen molar-refractivity contribution in [3.8, 4) is 33.9 Å². The maximum Gasteiger partial charge on any atom is 0.432 e. The summed E-state index contributed by atoms with van der Waals surface area (Å²) >= 11 is 5.91. The predicted molar refractivity (Wildman–Crippen MR) is 120 cm³/mol. The summed E-state index contributed by atoms with van der Waals surface area (Å²) in [6.07, 6.45) is -4.62. The number of nitrogens with zero attached hydrogens (tertiary/aromatic N) is 1. The van der Waals surface area contributed by atoms with E-state index in [1.165, 1.54) is 24.3 Å². The molecule has 0 atom stereocenters. The first-order valence-corrected chi connectivity index (χ1v) is 10.3. The van der Waals surface area contributed by atoms with E-state index in [0.717, 1.165) is 11.6 Å². The van der Waals surface area contributed by atoms with Gasteiger partial charge in [0.1, 0.15) is 23.8 Å². The van der Waals surface area contributed by atoms with Crippen LogP contribution in [0, 0.1) is 0 Å². The lowest BCUT2D eigenvalue weighted by Gasteiger charge is -2.16. The Morgan fingerprint density at radius 2 is 1.74 bits per heavy atom. The number of nitrogens with one attached hydrogen (secondary N) is 1. The maximum atomic E-state index is 13.0. The number of rotatable bonds is 6. The Morgan fingerprint density at radius 3 is 2.32 bits per heavy atom. The summed E-state index contributed by atoms with van der Waals surface area (Å²) in [6, 6.07) is 16.8. The summed E-state index contributed by atoms with van der Waals surface area (Å²) in [5, 5.41) is 17.3. The summed E-state index contributed by atoms with van der Waals surface area (Å²) in [6.45, 7) is 0.142. The topological polar surface area (TPSA) is 101 Å². The lowest BCUT2D eigenvalue weighted by Crippen LogP contribution is -2.10. The van der Waals surface area contributed by atoms with Crippen molar-refractivity contribution in [1.29, 1.82) is 0 Å². The number of aromatic amines is 1. The monoisotopic (exact) mass is 487 g/mol. The number of ether oxygens (including phenoxy) is 1. The van der Waals surface area contributed by atoms with Crippen LogP contribution in [0.3, 0.4) is 0 Å². The highest BCUT2D eigenvalue weighted by Gasteiger charge is 2.33. The van der Waals surface area contributed by atoms with Gasteiger partial charge in [-0.2, -0.15) is 18.3 Å². The van der Waals surface area contributed by atoms with Gasteiger partial charge >= 0.3 is 6.18 Å². The third kappa shape index (κ3) is 4.84. The number of alkyl halides is 3. The number of carbonyl (C=O) groups excluding carboxylic acids is 1. The summed E-state index contributed by atoms with van der Waals surface area (Å²) < 4.78 is 45.0. The van der Waals surface area contributed by atoms with Crippen molar-refractivity contribution in [2.24, 2.45) is 5.73 Å². The standard InChI is InChI=1S/C24H17ClF3N3O3/c25-16-7-1-13(2-8-16)12-34-19-10-9-17(18-11-20(31-30-18)24(26,27)28)22(32)21(19)14-3-5-15(6-4-14)23(29)33/h1-11,32H,12H2,(H2,29,33)(H,30,31). The fourth-order valence-corrected chi connectivity index (χ4v) is 3.45. The predicted octanol–water partition coefficient (Wildman–Crippen LogP) is 5.80. The fourth-order valence-electron chi connectivity index (χ4n) is 3.33. The highest BCUT2D eigenvalue weighted by atomic mass is 35.5. The maximum absolute atomic E-state index is 13.0. The molecule has 0 aliphatic carbocycles. The minimum Gasteiger partial charge on any atom is -0.506 e. The van der Waals surface area contributed by atoms with Gasteiger partial charge in [-0.1, -0.05) is 35.9 Å². The first-order chi connectivity index (χ1) is 16.1. The smallest absolute Gasteiger partial charge is 0.432 e. The molecule has 10 heteroatoms. The van der Waals surface area contributed by atoms with Crippen LogP contribution in [-0.4, -0.2) is 21.2 Å². The number of primary amides is 1. The molecule has 0 saturated heterocycles. The molecule has 0 bridgehead atoms. The van der Waals surface area contributed by atoms with Gasteiger partial charge in [0.25, 0.3) is 0 Å². The van der Waals surface area contributed by atoms with Crippen molar-refractivity contribution in [1.82, 2.24) is 10.2 Å². The number of H-pyrrole nitrogens is 1. The molecule has 4 aromatic rings. The largest absolute Gasteiger partial charge is 0.506 e.